The van der Waals surface area contributed by atoms with E-state index in [4.69, 9.17) is 9.36 Å². The summed E-state index contributed by atoms with van der Waals surface area (Å²) in [5.41, 5.74) is 0.983. The van der Waals surface area contributed by atoms with Gasteiger partial charge in [-0.15, -0.1) is 0 Å². The van der Waals surface area contributed by atoms with Crippen LogP contribution in [0.25, 0.3) is 0 Å². The Morgan fingerprint density at radius 2 is 2.07 bits per heavy atom. The van der Waals surface area contributed by atoms with Crippen molar-refractivity contribution in [2.75, 3.05) is 6.61 Å². The van der Waals surface area contributed by atoms with Crippen molar-refractivity contribution in [1.82, 2.24) is 0 Å². The molecule has 0 fully saturated rings. The molecule has 0 aliphatic carbocycles. The van der Waals surface area contributed by atoms with Gasteiger partial charge in [-0.2, -0.15) is 4.52 Å². The average Bonchev–Trinajstić information content (AvgIpc) is 2.20. The molecule has 14 heavy (non-hydrogen) atoms. The van der Waals surface area contributed by atoms with Crippen molar-refractivity contribution in [2.24, 2.45) is 4.91 Å². The van der Waals surface area contributed by atoms with E-state index in [0.717, 1.165) is 5.56 Å². The first-order chi connectivity index (χ1) is 6.83. The second-order valence-electron chi connectivity index (χ2n) is 2.50. The van der Waals surface area contributed by atoms with Crippen LogP contribution in [0.2, 0.25) is 0 Å². The van der Waals surface area contributed by atoms with Gasteiger partial charge in [-0.1, -0.05) is 30.3 Å². The van der Waals surface area contributed by atoms with Crippen LogP contribution < -0.4 is 4.89 Å². The van der Waals surface area contributed by atoms with Crippen LogP contribution in [0.3, 0.4) is 0 Å². The van der Waals surface area contributed by atoms with Gasteiger partial charge in [0.05, 0.1) is 11.5 Å². The van der Waals surface area contributed by atoms with Crippen LogP contribution in [0, 0.1) is 0 Å². The van der Waals surface area contributed by atoms with Crippen molar-refractivity contribution in [3.05, 3.63) is 35.9 Å². The molecule has 1 aromatic carbocycles. The summed E-state index contributed by atoms with van der Waals surface area (Å²) in [6, 6.07) is 9.54. The van der Waals surface area contributed by atoms with Gasteiger partial charge in [0.25, 0.3) is 0 Å². The Morgan fingerprint density at radius 1 is 1.36 bits per heavy atom. The summed E-state index contributed by atoms with van der Waals surface area (Å²) in [6.45, 7) is 2.43. The molecule has 0 heterocycles. The Balaban J connectivity index is 2.31. The number of nitrogens with zero attached hydrogens (tertiary/aromatic N) is 1. The minimum absolute atomic E-state index is 0.314. The zero-order chi connectivity index (χ0) is 10.2. The van der Waals surface area contributed by atoms with Crippen molar-refractivity contribution in [3.63, 3.8) is 0 Å². The van der Waals surface area contributed by atoms with Crippen LogP contribution in [-0.2, 0) is 16.0 Å². The molecule has 0 aliphatic heterocycles. The Bertz CT molecular complexity index is 289. The average molecular weight is 213 g/mol. The molecule has 1 rings (SSSR count). The first-order valence-electron chi connectivity index (χ1n) is 4.30. The van der Waals surface area contributed by atoms with Crippen LogP contribution in [0.1, 0.15) is 12.5 Å². The molecule has 4 nitrogen and oxygen atoms in total. The highest BCUT2D eigenvalue weighted by atomic mass is 31.1. The van der Waals surface area contributed by atoms with E-state index < -0.39 is 8.17 Å². The minimum atomic E-state index is -2.02. The summed E-state index contributed by atoms with van der Waals surface area (Å²) >= 11 is 0. The van der Waals surface area contributed by atoms with Gasteiger partial charge in [0.1, 0.15) is 6.61 Å². The fourth-order valence-electron chi connectivity index (χ4n) is 0.859. The lowest BCUT2D eigenvalue weighted by molar-refractivity contribution is -0.178. The third kappa shape index (κ3) is 4.44. The first kappa shape index (κ1) is 11.3. The van der Waals surface area contributed by atoms with Crippen LogP contribution >= 0.6 is 8.17 Å². The predicted molar refractivity (Wildman–Crippen MR) is 52.2 cm³/mol. The minimum Gasteiger partial charge on any atom is -0.582 e. The van der Waals surface area contributed by atoms with Crippen LogP contribution in [0.5, 0.6) is 0 Å². The molecule has 0 N–H and O–H groups in total. The van der Waals surface area contributed by atoms with Crippen molar-refractivity contribution in [3.8, 4) is 0 Å². The van der Waals surface area contributed by atoms with E-state index in [1.807, 2.05) is 30.3 Å². The van der Waals surface area contributed by atoms with E-state index in [9.17, 15) is 4.89 Å². The Labute approximate surface area is 84.1 Å². The summed E-state index contributed by atoms with van der Waals surface area (Å²) in [6.07, 6.45) is 0. The quantitative estimate of drug-likeness (QED) is 0.555. The van der Waals surface area contributed by atoms with E-state index >= 15 is 0 Å². The highest BCUT2D eigenvalue weighted by molar-refractivity contribution is 7.33. The molecule has 0 radical (unpaired) electrons. The number of hydrogen-bond acceptors (Lipinski definition) is 4. The van der Waals surface area contributed by atoms with E-state index in [1.165, 1.54) is 0 Å². The van der Waals surface area contributed by atoms with E-state index in [1.54, 1.807) is 6.92 Å². The van der Waals surface area contributed by atoms with Gasteiger partial charge in [0.15, 0.2) is 0 Å². The molecule has 0 bridgehead atoms. The van der Waals surface area contributed by atoms with Crippen LogP contribution in [0.15, 0.2) is 35.2 Å². The summed E-state index contributed by atoms with van der Waals surface area (Å²) < 4.78 is 4.70. The maximum atomic E-state index is 10.9. The van der Waals surface area contributed by atoms with Crippen molar-refractivity contribution >= 4 is 8.17 Å². The molecule has 76 valence electrons. The lowest BCUT2D eigenvalue weighted by Crippen LogP contribution is -1.93. The van der Waals surface area contributed by atoms with Gasteiger partial charge < -0.3 is 4.89 Å². The fraction of sp³-hybridized carbons (Fsp3) is 0.333. The smallest absolute Gasteiger partial charge is 0.375 e. The summed E-state index contributed by atoms with van der Waals surface area (Å²) in [4.78, 5) is 19.1. The molecular weight excluding hydrogens is 201 g/mol. The molecule has 0 aliphatic rings. The maximum Gasteiger partial charge on any atom is 0.375 e. The van der Waals surface area contributed by atoms with Crippen molar-refractivity contribution < 1.29 is 14.3 Å². The van der Waals surface area contributed by atoms with Gasteiger partial charge in [-0.05, 0) is 12.5 Å². The van der Waals surface area contributed by atoms with Gasteiger partial charge in [0, 0.05) is 0 Å². The zero-order valence-corrected chi connectivity index (χ0v) is 8.81. The SMILES string of the molecule is CCO[P+]([O-])=NOCc1ccccc1. The van der Waals surface area contributed by atoms with Crippen molar-refractivity contribution in [1.29, 1.82) is 0 Å². The van der Waals surface area contributed by atoms with E-state index in [2.05, 4.69) is 4.91 Å². The third-order valence-electron chi connectivity index (χ3n) is 1.44. The maximum absolute atomic E-state index is 10.9. The Hall–Kier alpha value is -0.800. The standard InChI is InChI=1S/C9H12NO3P/c1-2-13-14(11)10-12-8-9-6-4-3-5-7-9/h3-7H,2,8H2,1H3. The predicted octanol–water partition coefficient (Wildman–Crippen LogP) is 2.01. The van der Waals surface area contributed by atoms with Crippen LogP contribution in [-0.4, -0.2) is 6.61 Å². The molecular formula is C9H12NO3P. The second kappa shape index (κ2) is 6.62. The van der Waals surface area contributed by atoms with Gasteiger partial charge in [-0.25, -0.2) is 4.84 Å². The topological polar surface area (TPSA) is 53.9 Å². The lowest BCUT2D eigenvalue weighted by atomic mass is 10.2. The molecule has 0 spiro atoms. The van der Waals surface area contributed by atoms with E-state index in [-0.39, 0.29) is 0 Å². The fourth-order valence-corrected chi connectivity index (χ4v) is 1.28. The molecule has 1 unspecified atom stereocenters. The highest BCUT2D eigenvalue weighted by Gasteiger charge is 1.98. The lowest BCUT2D eigenvalue weighted by Gasteiger charge is -1.95. The van der Waals surface area contributed by atoms with Gasteiger partial charge in [0.2, 0.25) is 0 Å². The highest BCUT2D eigenvalue weighted by Crippen LogP contribution is 2.15. The van der Waals surface area contributed by atoms with Gasteiger partial charge in [-0.3, -0.25) is 0 Å². The normalized spacial score (nSPS) is 11.7. The Kier molecular flexibility index (Phi) is 5.33. The van der Waals surface area contributed by atoms with Gasteiger partial charge >= 0.3 is 8.17 Å². The molecule has 5 heteroatoms. The van der Waals surface area contributed by atoms with Crippen LogP contribution in [0.4, 0.5) is 0 Å². The summed E-state index contributed by atoms with van der Waals surface area (Å²) in [7, 11) is -2.02. The Morgan fingerprint density at radius 3 is 2.71 bits per heavy atom. The zero-order valence-electron chi connectivity index (χ0n) is 7.92. The second-order valence-corrected chi connectivity index (χ2v) is 3.39. The third-order valence-corrected chi connectivity index (χ3v) is 2.17. The molecule has 1 aromatic rings. The molecule has 0 saturated carbocycles. The first-order valence-corrected chi connectivity index (χ1v) is 5.43. The molecule has 0 aromatic heterocycles. The summed E-state index contributed by atoms with van der Waals surface area (Å²) in [5.74, 6) is 0. The monoisotopic (exact) mass is 213 g/mol. The number of hydrogen-bond donors (Lipinski definition) is 0. The summed E-state index contributed by atoms with van der Waals surface area (Å²) in [5, 5.41) is 0. The largest absolute Gasteiger partial charge is 0.582 e. The number of rotatable bonds is 5. The molecule has 0 amide bonds. The number of benzene rings is 1. The van der Waals surface area contributed by atoms with Crippen molar-refractivity contribution in [2.45, 2.75) is 13.5 Å². The molecule has 1 atom stereocenters. The molecule has 0 saturated heterocycles. The van der Waals surface area contributed by atoms with E-state index in [0.29, 0.717) is 13.2 Å².